The highest BCUT2D eigenvalue weighted by atomic mass is 79.9. The molecule has 0 saturated carbocycles. The zero-order chi connectivity index (χ0) is 62.8. The van der Waals surface area contributed by atoms with E-state index in [1.54, 1.807) is 113 Å². The number of aromatic nitrogens is 1. The second kappa shape index (κ2) is 31.4. The topological polar surface area (TPSA) is 309 Å². The third kappa shape index (κ3) is 18.2. The number of nitrogens with one attached hydrogen (secondary N) is 8. The molecule has 0 spiro atoms. The van der Waals surface area contributed by atoms with Gasteiger partial charge in [-0.3, -0.25) is 33.6 Å². The van der Waals surface area contributed by atoms with E-state index in [4.69, 9.17) is 28.4 Å². The molecule has 0 radical (unpaired) electrons. The zero-order valence-electron chi connectivity index (χ0n) is 48.8. The number of para-hydroxylation sites is 1. The van der Waals surface area contributed by atoms with Crippen molar-refractivity contribution < 1.29 is 71.6 Å². The fraction of sp³-hybridized carbons (Fsp3) is 0.361. The van der Waals surface area contributed by atoms with E-state index in [2.05, 4.69) is 74.1 Å². The van der Waals surface area contributed by atoms with Crippen molar-refractivity contribution in [2.24, 2.45) is 11.8 Å². The number of fused-ring (bicyclic) bond motifs is 1. The van der Waals surface area contributed by atoms with Crippen LogP contribution in [0.1, 0.15) is 56.9 Å². The summed E-state index contributed by atoms with van der Waals surface area (Å²) < 4.78 is 33.8. The van der Waals surface area contributed by atoms with Gasteiger partial charge in [0.1, 0.15) is 55.5 Å². The molecule has 1 aliphatic heterocycles. The Kier molecular flexibility index (Phi) is 24.3. The van der Waals surface area contributed by atoms with Gasteiger partial charge in [-0.15, -0.1) is 0 Å². The zero-order valence-corrected chi connectivity index (χ0v) is 52.0. The second-order valence-electron chi connectivity index (χ2n) is 20.6. The van der Waals surface area contributed by atoms with Crippen molar-refractivity contribution in [1.82, 2.24) is 42.2 Å². The predicted molar refractivity (Wildman–Crippen MR) is 325 cm³/mol. The Labute approximate surface area is 514 Å². The van der Waals surface area contributed by atoms with Crippen LogP contribution in [-0.4, -0.2) is 142 Å². The molecule has 5 aromatic rings. The summed E-state index contributed by atoms with van der Waals surface area (Å²) in [5, 5.41) is 19.2. The standard InChI is InChI=1S/C61H70Br2N8O15/c1-32(2)53-60(79)67-43(23-35-15-11-10-12-16-35)57(76)71-54(33(3)4)61(80)69-46(31-86-52(73)22-20-37-26-48(82-7)50(84-9)28-41(37)63)59(78)66-44(24-38-29-64-42-18-14-13-17-39(38)42)56(75)68-45(58(77)65-34(5)55(74)70-53)30-85-51(72)21-19-36-25-47(81-6)49(83-8)27-40(36)62/h10-22,25-29,32-34,43-46,53-54,64H,23-24,30-31H2,1-9H3,(H,65,77)(H,66,78)(H,67,79)(H,68,75)(H,69,80)(H,70,74)(H,71,76)/b21-19+,22-20+/t34-,43+,44-,45+,46-,53-,54-/m1/s1. The molecule has 2 heterocycles. The van der Waals surface area contributed by atoms with Crippen molar-refractivity contribution in [2.75, 3.05) is 41.7 Å². The Morgan fingerprint density at radius 1 is 0.500 bits per heavy atom. The maximum absolute atomic E-state index is 14.9. The van der Waals surface area contributed by atoms with Gasteiger partial charge < -0.3 is 70.6 Å². The largest absolute Gasteiger partial charge is 0.493 e. The van der Waals surface area contributed by atoms with Crippen LogP contribution in [-0.2, 0) is 65.5 Å². The van der Waals surface area contributed by atoms with Crippen LogP contribution in [0.15, 0.2) is 106 Å². The molecular weight excluding hydrogens is 1240 g/mol. The maximum Gasteiger partial charge on any atom is 0.330 e. The van der Waals surface area contributed by atoms with Crippen molar-refractivity contribution in [3.05, 3.63) is 128 Å². The van der Waals surface area contributed by atoms with Crippen molar-refractivity contribution in [3.8, 4) is 23.0 Å². The third-order valence-electron chi connectivity index (χ3n) is 13.7. The SMILES string of the molecule is COc1cc(Br)c(/C=C/C(=O)OC[C@@H]2NC(=O)[C@@H](Cc3c[nH]c4ccccc34)NC(=O)[C@@H](COC(=O)/C=C/c3cc(OC)c(OC)cc3Br)NC(=O)[C@@H](C(C)C)NC(=O)[C@H](Cc3ccccc3)NC(=O)[C@@H](C(C)C)NC(=O)[C@@H](C)NC2=O)cc1OC. The van der Waals surface area contributed by atoms with Gasteiger partial charge in [0.2, 0.25) is 41.4 Å². The van der Waals surface area contributed by atoms with E-state index in [-0.39, 0.29) is 12.8 Å². The van der Waals surface area contributed by atoms with Crippen molar-refractivity contribution >= 4 is 108 Å². The summed E-state index contributed by atoms with van der Waals surface area (Å²) in [6.45, 7) is 6.25. The fourth-order valence-electron chi connectivity index (χ4n) is 8.94. The summed E-state index contributed by atoms with van der Waals surface area (Å²) in [6, 6.07) is 11.7. The molecule has 8 N–H and O–H groups in total. The fourth-order valence-corrected chi connectivity index (χ4v) is 9.85. The molecule has 0 unspecified atom stereocenters. The quantitative estimate of drug-likeness (QED) is 0.0433. The first-order chi connectivity index (χ1) is 41.0. The van der Waals surface area contributed by atoms with E-state index < -0.39 is 121 Å². The molecule has 7 amide bonds. The summed E-state index contributed by atoms with van der Waals surface area (Å²) in [5.41, 5.74) is 2.78. The van der Waals surface area contributed by atoms with Gasteiger partial charge >= 0.3 is 11.9 Å². The van der Waals surface area contributed by atoms with Gasteiger partial charge in [0.05, 0.1) is 28.4 Å². The van der Waals surface area contributed by atoms with Crippen LogP contribution in [0.2, 0.25) is 0 Å². The summed E-state index contributed by atoms with van der Waals surface area (Å²) in [6.07, 6.45) is 6.24. The number of amides is 7. The van der Waals surface area contributed by atoms with Gasteiger partial charge in [0, 0.05) is 51.0 Å². The van der Waals surface area contributed by atoms with Crippen LogP contribution in [0.5, 0.6) is 23.0 Å². The van der Waals surface area contributed by atoms with Crippen LogP contribution in [0.3, 0.4) is 0 Å². The second-order valence-corrected chi connectivity index (χ2v) is 22.3. The number of esters is 2. The number of ether oxygens (including phenoxy) is 6. The van der Waals surface area contributed by atoms with Gasteiger partial charge in [0.15, 0.2) is 23.0 Å². The van der Waals surface area contributed by atoms with Gasteiger partial charge in [-0.2, -0.15) is 0 Å². The van der Waals surface area contributed by atoms with Crippen molar-refractivity contribution in [3.63, 3.8) is 0 Å². The lowest BCUT2D eigenvalue weighted by molar-refractivity contribution is -0.143. The first-order valence-corrected chi connectivity index (χ1v) is 28.9. The molecule has 6 rings (SSSR count). The molecule has 7 atom stereocenters. The Morgan fingerprint density at radius 2 is 0.907 bits per heavy atom. The number of hydrogen-bond acceptors (Lipinski definition) is 15. The minimum atomic E-state index is -1.78. The lowest BCUT2D eigenvalue weighted by Crippen LogP contribution is -2.62. The van der Waals surface area contributed by atoms with Crippen molar-refractivity contribution in [1.29, 1.82) is 0 Å². The lowest BCUT2D eigenvalue weighted by Gasteiger charge is -2.29. The van der Waals surface area contributed by atoms with Gasteiger partial charge in [0.25, 0.3) is 0 Å². The Bertz CT molecular complexity index is 3350. The summed E-state index contributed by atoms with van der Waals surface area (Å²) >= 11 is 6.89. The summed E-state index contributed by atoms with van der Waals surface area (Å²) in [7, 11) is 5.81. The number of benzene rings is 4. The monoisotopic (exact) mass is 1310 g/mol. The molecule has 1 saturated heterocycles. The van der Waals surface area contributed by atoms with E-state index in [0.717, 1.165) is 12.2 Å². The Hall–Kier alpha value is -8.71. The summed E-state index contributed by atoms with van der Waals surface area (Å²) in [4.78, 5) is 132. The summed E-state index contributed by atoms with van der Waals surface area (Å²) in [5.74, 6) is -8.10. The first kappa shape index (κ1) is 66.4. The average molecular weight is 1320 g/mol. The average Bonchev–Trinajstić information content (AvgIpc) is 2.66. The smallest absolute Gasteiger partial charge is 0.330 e. The normalized spacial score (nSPS) is 20.4. The van der Waals surface area contributed by atoms with E-state index >= 15 is 0 Å². The molecule has 1 aliphatic rings. The number of H-pyrrole nitrogens is 1. The number of hydrogen-bond donors (Lipinski definition) is 8. The van der Waals surface area contributed by atoms with E-state index in [1.807, 2.05) is 0 Å². The van der Waals surface area contributed by atoms with E-state index in [1.165, 1.54) is 47.5 Å². The number of carbonyl (C=O) groups excluding carboxylic acids is 9. The van der Waals surface area contributed by atoms with Gasteiger partial charge in [-0.25, -0.2) is 9.59 Å². The Morgan fingerprint density at radius 3 is 1.42 bits per heavy atom. The van der Waals surface area contributed by atoms with Crippen LogP contribution in [0.25, 0.3) is 23.1 Å². The van der Waals surface area contributed by atoms with Crippen LogP contribution in [0, 0.1) is 11.8 Å². The molecule has 25 heteroatoms. The molecule has 1 aromatic heterocycles. The molecule has 458 valence electrons. The van der Waals surface area contributed by atoms with Crippen LogP contribution in [0.4, 0.5) is 0 Å². The molecule has 0 bridgehead atoms. The number of methoxy groups -OCH3 is 4. The molecule has 23 nitrogen and oxygen atoms in total. The van der Waals surface area contributed by atoms with E-state index in [9.17, 15) is 43.2 Å². The van der Waals surface area contributed by atoms with E-state index in [0.29, 0.717) is 65.1 Å². The molecule has 4 aromatic carbocycles. The maximum atomic E-state index is 14.9. The highest BCUT2D eigenvalue weighted by molar-refractivity contribution is 9.10. The van der Waals surface area contributed by atoms with Crippen LogP contribution >= 0.6 is 31.9 Å². The number of halogens is 2. The third-order valence-corrected chi connectivity index (χ3v) is 15.1. The minimum Gasteiger partial charge on any atom is -0.493 e. The molecule has 86 heavy (non-hydrogen) atoms. The molecule has 0 aliphatic carbocycles. The number of rotatable bonds is 18. The highest BCUT2D eigenvalue weighted by Crippen LogP contribution is 2.35. The minimum absolute atomic E-state index is 0.0706. The predicted octanol–water partition coefficient (Wildman–Crippen LogP) is 4.76. The van der Waals surface area contributed by atoms with Gasteiger partial charge in [-0.1, -0.05) is 108 Å². The van der Waals surface area contributed by atoms with Crippen LogP contribution < -0.4 is 56.2 Å². The highest BCUT2D eigenvalue weighted by Gasteiger charge is 2.37. The molecule has 1 fully saturated rings. The number of carbonyl (C=O) groups is 9. The number of aromatic amines is 1. The lowest BCUT2D eigenvalue weighted by atomic mass is 9.99. The molecular formula is C61H70Br2N8O15. The van der Waals surface area contributed by atoms with Crippen molar-refractivity contribution in [2.45, 2.75) is 89.8 Å². The van der Waals surface area contributed by atoms with Gasteiger partial charge in [-0.05, 0) is 83.5 Å². The first-order valence-electron chi connectivity index (χ1n) is 27.3. The Balaban J connectivity index is 1.41.